The number of hydrogen-bond donors (Lipinski definition) is 1. The van der Waals surface area contributed by atoms with Gasteiger partial charge in [-0.25, -0.2) is 4.79 Å². The molecular weight excluding hydrogens is 397 g/mol. The van der Waals surface area contributed by atoms with E-state index < -0.39 is 23.4 Å². The van der Waals surface area contributed by atoms with Crippen molar-refractivity contribution in [2.75, 3.05) is 0 Å². The molecule has 2 bridgehead atoms. The van der Waals surface area contributed by atoms with E-state index in [1.54, 1.807) is 4.90 Å². The second kappa shape index (κ2) is 7.91. The first-order valence-corrected chi connectivity index (χ1v) is 10.0. The molecule has 4 rings (SSSR count). The largest absolute Gasteiger partial charge is 0.445 e. The average Bonchev–Trinajstić information content (AvgIpc) is 2.72. The van der Waals surface area contributed by atoms with E-state index >= 15 is 0 Å². The van der Waals surface area contributed by atoms with Crippen LogP contribution < -0.4 is 0 Å². The molecule has 2 aromatic rings. The van der Waals surface area contributed by atoms with Crippen LogP contribution in [0.5, 0.6) is 0 Å². The van der Waals surface area contributed by atoms with Crippen LogP contribution in [0.15, 0.2) is 48.8 Å². The molecule has 1 aromatic heterocycles. The first kappa shape index (κ1) is 20.7. The monoisotopic (exact) mass is 420 g/mol. The number of carbonyl (C=O) groups is 1. The molecule has 2 aliphatic heterocycles. The SMILES string of the molecule is O=C(OCc1ccccc1)N1C2CCCC1CC(O)(c1cncc(C(F)(F)F)c1)C2. The Hall–Kier alpha value is -2.61. The van der Waals surface area contributed by atoms with Gasteiger partial charge in [-0.3, -0.25) is 4.98 Å². The minimum atomic E-state index is -4.53. The highest BCUT2D eigenvalue weighted by atomic mass is 19.4. The molecule has 5 nitrogen and oxygen atoms in total. The summed E-state index contributed by atoms with van der Waals surface area (Å²) in [6.45, 7) is 0.150. The molecule has 2 aliphatic rings. The summed E-state index contributed by atoms with van der Waals surface area (Å²) in [7, 11) is 0. The number of ether oxygens (including phenoxy) is 1. The summed E-state index contributed by atoms with van der Waals surface area (Å²) in [4.78, 5) is 18.1. The number of rotatable bonds is 3. The molecule has 160 valence electrons. The number of halogens is 3. The lowest BCUT2D eigenvalue weighted by Gasteiger charge is -2.51. The summed E-state index contributed by atoms with van der Waals surface area (Å²) >= 11 is 0. The number of hydrogen-bond acceptors (Lipinski definition) is 4. The van der Waals surface area contributed by atoms with Crippen LogP contribution in [0.25, 0.3) is 0 Å². The third kappa shape index (κ3) is 4.14. The van der Waals surface area contributed by atoms with Crippen LogP contribution in [-0.4, -0.2) is 33.2 Å². The maximum Gasteiger partial charge on any atom is 0.417 e. The first-order chi connectivity index (χ1) is 14.3. The molecule has 0 radical (unpaired) electrons. The lowest BCUT2D eigenvalue weighted by molar-refractivity contribution is -0.138. The van der Waals surface area contributed by atoms with E-state index in [0.717, 1.165) is 24.2 Å². The first-order valence-electron chi connectivity index (χ1n) is 10.0. The summed E-state index contributed by atoms with van der Waals surface area (Å²) in [6, 6.07) is 9.72. The number of fused-ring (bicyclic) bond motifs is 2. The van der Waals surface area contributed by atoms with Crippen molar-refractivity contribution in [2.24, 2.45) is 0 Å². The van der Waals surface area contributed by atoms with Crippen LogP contribution in [0.1, 0.15) is 48.8 Å². The lowest BCUT2D eigenvalue weighted by atomic mass is 9.73. The highest BCUT2D eigenvalue weighted by molar-refractivity contribution is 5.69. The Morgan fingerprint density at radius 2 is 1.83 bits per heavy atom. The van der Waals surface area contributed by atoms with E-state index in [2.05, 4.69) is 4.98 Å². The molecule has 2 fully saturated rings. The number of aliphatic hydroxyl groups is 1. The third-order valence-electron chi connectivity index (χ3n) is 6.03. The Kier molecular flexibility index (Phi) is 5.44. The van der Waals surface area contributed by atoms with Gasteiger partial charge in [0.15, 0.2) is 0 Å². The zero-order valence-electron chi connectivity index (χ0n) is 16.3. The Labute approximate surface area is 172 Å². The van der Waals surface area contributed by atoms with Gasteiger partial charge in [-0.1, -0.05) is 30.3 Å². The van der Waals surface area contributed by atoms with Gasteiger partial charge in [0.05, 0.1) is 11.2 Å². The topological polar surface area (TPSA) is 62.7 Å². The van der Waals surface area contributed by atoms with E-state index in [4.69, 9.17) is 4.74 Å². The summed E-state index contributed by atoms with van der Waals surface area (Å²) in [5.74, 6) is 0. The number of alkyl halides is 3. The molecule has 2 unspecified atom stereocenters. The van der Waals surface area contributed by atoms with Crippen molar-refractivity contribution in [2.45, 2.75) is 62.6 Å². The zero-order valence-corrected chi connectivity index (χ0v) is 16.3. The maximum absolute atomic E-state index is 13.1. The Bertz CT molecular complexity index is 890. The molecule has 2 saturated heterocycles. The zero-order chi connectivity index (χ0) is 21.4. The van der Waals surface area contributed by atoms with Crippen molar-refractivity contribution in [1.82, 2.24) is 9.88 Å². The maximum atomic E-state index is 13.1. The van der Waals surface area contributed by atoms with Crippen LogP contribution in [0.2, 0.25) is 0 Å². The normalized spacial score (nSPS) is 26.3. The van der Waals surface area contributed by atoms with Crippen LogP contribution >= 0.6 is 0 Å². The van der Waals surface area contributed by atoms with Gasteiger partial charge >= 0.3 is 12.3 Å². The summed E-state index contributed by atoms with van der Waals surface area (Å²) in [6.07, 6.45) is -0.376. The van der Waals surface area contributed by atoms with Crippen molar-refractivity contribution in [1.29, 1.82) is 0 Å². The standard InChI is InChI=1S/C22H23F3N2O3/c23-22(24,25)17-9-16(12-26-13-17)21(29)10-18-7-4-8-19(11-21)27(18)20(28)30-14-15-5-2-1-3-6-15/h1-3,5-6,9,12-13,18-19,29H,4,7-8,10-11,14H2. The van der Waals surface area contributed by atoms with E-state index in [1.807, 2.05) is 30.3 Å². The summed E-state index contributed by atoms with van der Waals surface area (Å²) in [5.41, 5.74) is -1.32. The smallest absolute Gasteiger partial charge is 0.417 e. The average molecular weight is 420 g/mol. The number of benzene rings is 1. The number of carbonyl (C=O) groups excluding carboxylic acids is 1. The number of amides is 1. The van der Waals surface area contributed by atoms with Gasteiger partial charge in [-0.05, 0) is 30.9 Å². The predicted octanol–water partition coefficient (Wildman–Crippen LogP) is 4.64. The van der Waals surface area contributed by atoms with Crippen molar-refractivity contribution in [3.63, 3.8) is 0 Å². The van der Waals surface area contributed by atoms with Crippen molar-refractivity contribution in [3.8, 4) is 0 Å². The fourth-order valence-corrected chi connectivity index (χ4v) is 4.61. The highest BCUT2D eigenvalue weighted by Crippen LogP contribution is 2.45. The van der Waals surface area contributed by atoms with Gasteiger partial charge in [0, 0.05) is 42.9 Å². The molecule has 0 spiro atoms. The minimum absolute atomic E-state index is 0.145. The number of piperidine rings is 2. The van der Waals surface area contributed by atoms with E-state index in [1.165, 1.54) is 6.20 Å². The van der Waals surface area contributed by atoms with Gasteiger partial charge in [-0.2, -0.15) is 13.2 Å². The minimum Gasteiger partial charge on any atom is -0.445 e. The van der Waals surface area contributed by atoms with Crippen LogP contribution in [0.4, 0.5) is 18.0 Å². The van der Waals surface area contributed by atoms with Gasteiger partial charge in [0.2, 0.25) is 0 Å². The second-order valence-corrected chi connectivity index (χ2v) is 8.09. The molecule has 1 aromatic carbocycles. The van der Waals surface area contributed by atoms with Crippen LogP contribution in [-0.2, 0) is 23.1 Å². The summed E-state index contributed by atoms with van der Waals surface area (Å²) < 4.78 is 44.8. The molecular formula is C22H23F3N2O3. The van der Waals surface area contributed by atoms with Crippen molar-refractivity contribution in [3.05, 3.63) is 65.5 Å². The second-order valence-electron chi connectivity index (χ2n) is 8.09. The van der Waals surface area contributed by atoms with Gasteiger partial charge in [0.1, 0.15) is 6.61 Å². The molecule has 30 heavy (non-hydrogen) atoms. The Morgan fingerprint density at radius 3 is 2.47 bits per heavy atom. The van der Waals surface area contributed by atoms with E-state index in [9.17, 15) is 23.1 Å². The van der Waals surface area contributed by atoms with Gasteiger partial charge in [0.25, 0.3) is 0 Å². The highest BCUT2D eigenvalue weighted by Gasteiger charge is 2.49. The molecule has 1 amide bonds. The van der Waals surface area contributed by atoms with E-state index in [-0.39, 0.29) is 37.1 Å². The van der Waals surface area contributed by atoms with Crippen molar-refractivity contribution < 1.29 is 27.8 Å². The van der Waals surface area contributed by atoms with Gasteiger partial charge < -0.3 is 14.7 Å². The number of pyridine rings is 1. The molecule has 8 heteroatoms. The van der Waals surface area contributed by atoms with Crippen molar-refractivity contribution >= 4 is 6.09 Å². The fraction of sp³-hybridized carbons (Fsp3) is 0.455. The lowest BCUT2D eigenvalue weighted by Crippen LogP contribution is -2.59. The molecule has 1 N–H and O–H groups in total. The summed E-state index contributed by atoms with van der Waals surface area (Å²) in [5, 5.41) is 11.3. The quantitative estimate of drug-likeness (QED) is 0.786. The van der Waals surface area contributed by atoms with Gasteiger partial charge in [-0.15, -0.1) is 0 Å². The Balaban J connectivity index is 1.51. The third-order valence-corrected chi connectivity index (χ3v) is 6.03. The number of aromatic nitrogens is 1. The van der Waals surface area contributed by atoms with E-state index in [0.29, 0.717) is 12.8 Å². The molecule has 0 saturated carbocycles. The van der Waals surface area contributed by atoms with Crippen LogP contribution in [0.3, 0.4) is 0 Å². The molecule has 3 heterocycles. The Morgan fingerprint density at radius 1 is 1.17 bits per heavy atom. The predicted molar refractivity (Wildman–Crippen MR) is 102 cm³/mol. The fourth-order valence-electron chi connectivity index (χ4n) is 4.61. The number of nitrogens with zero attached hydrogens (tertiary/aromatic N) is 2. The molecule has 2 atom stereocenters. The van der Waals surface area contributed by atoms with Crippen LogP contribution in [0, 0.1) is 0 Å². The molecule has 0 aliphatic carbocycles.